The standard InChI is InChI=1S/C35H37N3O10/c1-42-25-11-8-20(9-12-25)14-22-15-21(33(39)37-38-34(40)23-16-27(43-2)31(47-6)28(17-23)44-3)10-13-26(22)35(41)36-24-18-29(45-4)32(48-7)30(19-24)46-5/h8-13,15-19H,14H2,1-7H3,(H,36,41)(H,37,39)(H,38,40). The maximum atomic E-state index is 13.7. The minimum absolute atomic E-state index is 0.156. The van der Waals surface area contributed by atoms with Gasteiger partial charge in [0.15, 0.2) is 23.0 Å². The number of benzene rings is 4. The Morgan fingerprint density at radius 1 is 0.521 bits per heavy atom. The molecule has 13 heteroatoms. The number of carbonyl (C=O) groups excluding carboxylic acids is 3. The van der Waals surface area contributed by atoms with E-state index in [9.17, 15) is 14.4 Å². The lowest BCUT2D eigenvalue weighted by atomic mass is 9.96. The average Bonchev–Trinajstić information content (AvgIpc) is 3.12. The zero-order valence-corrected chi connectivity index (χ0v) is 27.6. The Balaban J connectivity index is 1.61. The molecule has 0 saturated carbocycles. The molecule has 3 amide bonds. The molecular formula is C35H37N3O10. The molecule has 0 aromatic heterocycles. The fourth-order valence-electron chi connectivity index (χ4n) is 4.89. The van der Waals surface area contributed by atoms with Crippen molar-refractivity contribution in [3.05, 3.63) is 94.5 Å². The van der Waals surface area contributed by atoms with Gasteiger partial charge in [0.1, 0.15) is 5.75 Å². The number of rotatable bonds is 13. The highest BCUT2D eigenvalue weighted by atomic mass is 16.5. The third kappa shape index (κ3) is 7.81. The van der Waals surface area contributed by atoms with Crippen molar-refractivity contribution in [3.63, 3.8) is 0 Å². The zero-order valence-electron chi connectivity index (χ0n) is 27.6. The third-order valence-corrected chi connectivity index (χ3v) is 7.30. The molecule has 0 fully saturated rings. The van der Waals surface area contributed by atoms with Crippen LogP contribution >= 0.6 is 0 Å². The van der Waals surface area contributed by atoms with Gasteiger partial charge in [0.25, 0.3) is 17.7 Å². The quantitative estimate of drug-likeness (QED) is 0.173. The Morgan fingerprint density at radius 3 is 1.50 bits per heavy atom. The van der Waals surface area contributed by atoms with Gasteiger partial charge in [-0.25, -0.2) is 0 Å². The summed E-state index contributed by atoms with van der Waals surface area (Å²) < 4.78 is 37.4. The van der Waals surface area contributed by atoms with Gasteiger partial charge >= 0.3 is 0 Å². The smallest absolute Gasteiger partial charge is 0.269 e. The lowest BCUT2D eigenvalue weighted by Crippen LogP contribution is -2.41. The summed E-state index contributed by atoms with van der Waals surface area (Å²) >= 11 is 0. The zero-order chi connectivity index (χ0) is 34.8. The number of amides is 3. The first-order valence-corrected chi connectivity index (χ1v) is 14.5. The van der Waals surface area contributed by atoms with E-state index in [4.69, 9.17) is 33.2 Å². The molecule has 252 valence electrons. The van der Waals surface area contributed by atoms with Crippen LogP contribution in [0, 0.1) is 0 Å². The van der Waals surface area contributed by atoms with Gasteiger partial charge in [0, 0.05) is 34.5 Å². The average molecular weight is 660 g/mol. The molecule has 0 unspecified atom stereocenters. The van der Waals surface area contributed by atoms with Gasteiger partial charge in [-0.15, -0.1) is 0 Å². The summed E-state index contributed by atoms with van der Waals surface area (Å²) in [6, 6.07) is 18.1. The van der Waals surface area contributed by atoms with Crippen LogP contribution in [0.5, 0.6) is 40.2 Å². The Labute approximate surface area is 278 Å². The van der Waals surface area contributed by atoms with E-state index in [-0.39, 0.29) is 22.6 Å². The van der Waals surface area contributed by atoms with Crippen LogP contribution in [-0.2, 0) is 6.42 Å². The van der Waals surface area contributed by atoms with E-state index in [0.717, 1.165) is 5.56 Å². The lowest BCUT2D eigenvalue weighted by Gasteiger charge is -2.16. The molecule has 0 aliphatic rings. The van der Waals surface area contributed by atoms with E-state index in [1.807, 2.05) is 12.1 Å². The van der Waals surface area contributed by atoms with Crippen LogP contribution in [0.4, 0.5) is 5.69 Å². The van der Waals surface area contributed by atoms with Crippen LogP contribution in [-0.4, -0.2) is 67.5 Å². The van der Waals surface area contributed by atoms with Gasteiger partial charge in [-0.2, -0.15) is 0 Å². The largest absolute Gasteiger partial charge is 0.497 e. The van der Waals surface area contributed by atoms with E-state index >= 15 is 0 Å². The van der Waals surface area contributed by atoms with Gasteiger partial charge in [0.2, 0.25) is 11.5 Å². The van der Waals surface area contributed by atoms with E-state index in [1.54, 1.807) is 43.5 Å². The first-order chi connectivity index (χ1) is 23.2. The van der Waals surface area contributed by atoms with Crippen molar-refractivity contribution in [1.29, 1.82) is 0 Å². The van der Waals surface area contributed by atoms with Gasteiger partial charge in [0.05, 0.1) is 49.8 Å². The summed E-state index contributed by atoms with van der Waals surface area (Å²) in [5, 5.41) is 2.88. The number of hydrazine groups is 1. The van der Waals surface area contributed by atoms with Crippen molar-refractivity contribution in [1.82, 2.24) is 10.9 Å². The fraction of sp³-hybridized carbons (Fsp3) is 0.229. The first kappa shape index (κ1) is 34.8. The number of methoxy groups -OCH3 is 7. The summed E-state index contributed by atoms with van der Waals surface area (Å²) in [5.41, 5.74) is 7.32. The van der Waals surface area contributed by atoms with Crippen molar-refractivity contribution in [2.45, 2.75) is 6.42 Å². The molecule has 0 atom stereocenters. The molecule has 4 rings (SSSR count). The molecule has 0 aliphatic heterocycles. The molecule has 0 spiro atoms. The van der Waals surface area contributed by atoms with Gasteiger partial charge in [-0.1, -0.05) is 12.1 Å². The minimum atomic E-state index is -0.623. The normalized spacial score (nSPS) is 10.3. The molecule has 13 nitrogen and oxygen atoms in total. The predicted molar refractivity (Wildman–Crippen MR) is 177 cm³/mol. The Bertz CT molecular complexity index is 1740. The van der Waals surface area contributed by atoms with Crippen LogP contribution in [0.3, 0.4) is 0 Å². The molecule has 4 aromatic carbocycles. The predicted octanol–water partition coefficient (Wildman–Crippen LogP) is 4.66. The summed E-state index contributed by atoms with van der Waals surface area (Å²) in [6.45, 7) is 0. The Morgan fingerprint density at radius 2 is 1.02 bits per heavy atom. The van der Waals surface area contributed by atoms with E-state index in [0.29, 0.717) is 52.0 Å². The van der Waals surface area contributed by atoms with Crippen LogP contribution in [0.25, 0.3) is 0 Å². The first-order valence-electron chi connectivity index (χ1n) is 14.5. The van der Waals surface area contributed by atoms with Crippen molar-refractivity contribution in [2.75, 3.05) is 55.1 Å². The van der Waals surface area contributed by atoms with Crippen LogP contribution in [0.2, 0.25) is 0 Å². The molecule has 0 bridgehead atoms. The summed E-state index contributed by atoms with van der Waals surface area (Å²) in [6.07, 6.45) is 0.306. The van der Waals surface area contributed by atoms with Crippen LogP contribution in [0.1, 0.15) is 42.2 Å². The topological polar surface area (TPSA) is 152 Å². The molecule has 48 heavy (non-hydrogen) atoms. The molecule has 0 aliphatic carbocycles. The summed E-state index contributed by atoms with van der Waals surface area (Å²) in [4.78, 5) is 39.8. The number of hydrogen-bond donors (Lipinski definition) is 3. The van der Waals surface area contributed by atoms with Crippen molar-refractivity contribution < 1.29 is 47.5 Å². The molecule has 0 saturated heterocycles. The van der Waals surface area contributed by atoms with Crippen molar-refractivity contribution in [2.24, 2.45) is 0 Å². The van der Waals surface area contributed by atoms with Gasteiger partial charge in [-0.05, 0) is 60.0 Å². The second-order valence-corrected chi connectivity index (χ2v) is 10.1. The number of nitrogens with one attached hydrogen (secondary N) is 3. The highest BCUT2D eigenvalue weighted by Crippen LogP contribution is 2.40. The third-order valence-electron chi connectivity index (χ3n) is 7.30. The molecule has 3 N–H and O–H groups in total. The lowest BCUT2D eigenvalue weighted by molar-refractivity contribution is 0.0846. The van der Waals surface area contributed by atoms with E-state index in [2.05, 4.69) is 16.2 Å². The second kappa shape index (κ2) is 15.9. The van der Waals surface area contributed by atoms with E-state index < -0.39 is 17.7 Å². The Kier molecular flexibility index (Phi) is 11.5. The molecule has 0 radical (unpaired) electrons. The van der Waals surface area contributed by atoms with Crippen molar-refractivity contribution in [3.8, 4) is 40.2 Å². The minimum Gasteiger partial charge on any atom is -0.497 e. The maximum absolute atomic E-state index is 13.7. The number of hydrogen-bond acceptors (Lipinski definition) is 10. The maximum Gasteiger partial charge on any atom is 0.269 e. The van der Waals surface area contributed by atoms with Gasteiger partial charge in [-0.3, -0.25) is 25.2 Å². The number of anilines is 1. The summed E-state index contributed by atoms with van der Waals surface area (Å²) in [5.74, 6) is 0.993. The van der Waals surface area contributed by atoms with Gasteiger partial charge < -0.3 is 38.5 Å². The van der Waals surface area contributed by atoms with Crippen LogP contribution < -0.4 is 49.3 Å². The van der Waals surface area contributed by atoms with Crippen LogP contribution in [0.15, 0.2) is 66.7 Å². The monoisotopic (exact) mass is 659 g/mol. The molecule has 4 aromatic rings. The summed E-state index contributed by atoms with van der Waals surface area (Å²) in [7, 11) is 10.3. The number of ether oxygens (including phenoxy) is 7. The SMILES string of the molecule is COc1ccc(Cc2cc(C(=O)NNC(=O)c3cc(OC)c(OC)c(OC)c3)ccc2C(=O)Nc2cc(OC)c(OC)c(OC)c2)cc1. The highest BCUT2D eigenvalue weighted by Gasteiger charge is 2.20. The molecule has 0 heterocycles. The highest BCUT2D eigenvalue weighted by molar-refractivity contribution is 6.07. The fourth-order valence-corrected chi connectivity index (χ4v) is 4.89. The second-order valence-electron chi connectivity index (χ2n) is 10.1. The van der Waals surface area contributed by atoms with E-state index in [1.165, 1.54) is 60.9 Å². The number of carbonyl (C=O) groups is 3. The van der Waals surface area contributed by atoms with Crippen molar-refractivity contribution >= 4 is 23.4 Å². The molecular weight excluding hydrogens is 622 g/mol. The Hall–Kier alpha value is -6.11.